The van der Waals surface area contributed by atoms with E-state index in [0.29, 0.717) is 12.3 Å². The molecule has 0 saturated carbocycles. The molecule has 170 valence electrons. The van der Waals surface area contributed by atoms with Crippen molar-refractivity contribution in [3.63, 3.8) is 0 Å². The van der Waals surface area contributed by atoms with Gasteiger partial charge in [0.1, 0.15) is 11.6 Å². The highest BCUT2D eigenvalue weighted by atomic mass is 16.2. The van der Waals surface area contributed by atoms with Crippen LogP contribution in [-0.4, -0.2) is 56.7 Å². The second kappa shape index (κ2) is 9.67. The third-order valence-corrected chi connectivity index (χ3v) is 6.00. The molecule has 32 heavy (non-hydrogen) atoms. The van der Waals surface area contributed by atoms with E-state index in [9.17, 15) is 4.79 Å². The molecule has 0 radical (unpaired) electrons. The minimum atomic E-state index is 0.254. The molecule has 0 bridgehead atoms. The molecule has 3 heterocycles. The van der Waals surface area contributed by atoms with Gasteiger partial charge in [0.05, 0.1) is 16.8 Å². The Labute approximate surface area is 190 Å². The Morgan fingerprint density at radius 2 is 1.78 bits per heavy atom. The number of piperazine rings is 1. The van der Waals surface area contributed by atoms with Gasteiger partial charge < -0.3 is 9.80 Å². The molecular formula is C25H34N6O. The number of aryl methyl sites for hydroxylation is 2. The molecule has 4 rings (SSSR count). The molecule has 1 amide bonds. The van der Waals surface area contributed by atoms with E-state index in [-0.39, 0.29) is 5.91 Å². The number of rotatable bonds is 7. The van der Waals surface area contributed by atoms with Gasteiger partial charge in [0.15, 0.2) is 5.65 Å². The summed E-state index contributed by atoms with van der Waals surface area (Å²) in [4.78, 5) is 26.8. The zero-order valence-corrected chi connectivity index (χ0v) is 19.7. The highest BCUT2D eigenvalue weighted by molar-refractivity contribution is 5.91. The Balaban J connectivity index is 1.69. The summed E-state index contributed by atoms with van der Waals surface area (Å²) >= 11 is 0. The molecule has 1 aromatic carbocycles. The number of benzene rings is 1. The van der Waals surface area contributed by atoms with Gasteiger partial charge in [0.25, 0.3) is 0 Å². The largest absolute Gasteiger partial charge is 0.352 e. The van der Waals surface area contributed by atoms with Crippen LogP contribution in [0.15, 0.2) is 30.3 Å². The van der Waals surface area contributed by atoms with Gasteiger partial charge in [-0.15, -0.1) is 0 Å². The highest BCUT2D eigenvalue weighted by Crippen LogP contribution is 2.30. The maximum atomic E-state index is 12.5. The van der Waals surface area contributed by atoms with Crippen molar-refractivity contribution in [2.24, 2.45) is 5.92 Å². The average Bonchev–Trinajstić information content (AvgIpc) is 3.14. The van der Waals surface area contributed by atoms with Crippen LogP contribution in [0.3, 0.4) is 0 Å². The number of nitrogens with zero attached hydrogens (tertiary/aromatic N) is 6. The van der Waals surface area contributed by atoms with Crippen molar-refractivity contribution in [2.75, 3.05) is 31.1 Å². The first-order chi connectivity index (χ1) is 15.5. The average molecular weight is 435 g/mol. The van der Waals surface area contributed by atoms with Crippen LogP contribution in [0.2, 0.25) is 0 Å². The van der Waals surface area contributed by atoms with Crippen LogP contribution in [0.1, 0.15) is 51.6 Å². The van der Waals surface area contributed by atoms with Gasteiger partial charge in [-0.2, -0.15) is 5.10 Å². The lowest BCUT2D eigenvalue weighted by Gasteiger charge is -2.36. The number of para-hydroxylation sites is 1. The Morgan fingerprint density at radius 1 is 1.06 bits per heavy atom. The maximum Gasteiger partial charge on any atom is 0.222 e. The van der Waals surface area contributed by atoms with E-state index in [1.807, 2.05) is 34.7 Å². The Morgan fingerprint density at radius 3 is 2.44 bits per heavy atom. The predicted octanol–water partition coefficient (Wildman–Crippen LogP) is 4.16. The number of anilines is 1. The molecule has 1 aliphatic heterocycles. The van der Waals surface area contributed by atoms with Crippen LogP contribution >= 0.6 is 0 Å². The van der Waals surface area contributed by atoms with Crippen LogP contribution < -0.4 is 4.90 Å². The summed E-state index contributed by atoms with van der Waals surface area (Å²) in [7, 11) is 0. The first-order valence-electron chi connectivity index (χ1n) is 11.8. The van der Waals surface area contributed by atoms with E-state index in [1.165, 1.54) is 0 Å². The zero-order chi connectivity index (χ0) is 22.7. The molecular weight excluding hydrogens is 400 g/mol. The van der Waals surface area contributed by atoms with Crippen LogP contribution in [0.5, 0.6) is 0 Å². The summed E-state index contributed by atoms with van der Waals surface area (Å²) in [6.07, 6.45) is 3.62. The number of aromatic nitrogens is 4. The van der Waals surface area contributed by atoms with Crippen LogP contribution in [-0.2, 0) is 11.2 Å². The molecule has 0 atom stereocenters. The first kappa shape index (κ1) is 22.2. The van der Waals surface area contributed by atoms with Crippen LogP contribution in [0, 0.1) is 12.8 Å². The lowest BCUT2D eigenvalue weighted by molar-refractivity contribution is -0.132. The summed E-state index contributed by atoms with van der Waals surface area (Å²) in [6, 6.07) is 10.2. The van der Waals surface area contributed by atoms with Crippen molar-refractivity contribution in [1.82, 2.24) is 24.6 Å². The number of hydrogen-bond donors (Lipinski definition) is 0. The van der Waals surface area contributed by atoms with Crippen LogP contribution in [0.4, 0.5) is 5.82 Å². The summed E-state index contributed by atoms with van der Waals surface area (Å²) < 4.78 is 1.94. The number of fused-ring (bicyclic) bond motifs is 1. The Bertz CT molecular complexity index is 1070. The van der Waals surface area contributed by atoms with Crippen molar-refractivity contribution >= 4 is 22.8 Å². The number of carbonyl (C=O) groups is 1. The molecule has 2 aromatic heterocycles. The smallest absolute Gasteiger partial charge is 0.222 e. The topological polar surface area (TPSA) is 67.2 Å². The third kappa shape index (κ3) is 4.61. The van der Waals surface area contributed by atoms with Gasteiger partial charge in [-0.1, -0.05) is 45.4 Å². The number of amides is 1. The van der Waals surface area contributed by atoms with Gasteiger partial charge in [0.2, 0.25) is 5.91 Å². The highest BCUT2D eigenvalue weighted by Gasteiger charge is 2.26. The van der Waals surface area contributed by atoms with E-state index >= 15 is 0 Å². The van der Waals surface area contributed by atoms with Crippen molar-refractivity contribution in [2.45, 2.75) is 53.4 Å². The molecule has 3 aromatic rings. The summed E-state index contributed by atoms with van der Waals surface area (Å²) in [5.41, 5.74) is 2.79. The second-order valence-corrected chi connectivity index (χ2v) is 9.06. The second-order valence-electron chi connectivity index (χ2n) is 9.06. The van der Waals surface area contributed by atoms with Gasteiger partial charge in [-0.3, -0.25) is 4.79 Å². The monoisotopic (exact) mass is 434 g/mol. The van der Waals surface area contributed by atoms with E-state index in [1.54, 1.807) is 0 Å². The van der Waals surface area contributed by atoms with E-state index in [4.69, 9.17) is 15.1 Å². The van der Waals surface area contributed by atoms with Crippen molar-refractivity contribution in [3.8, 4) is 5.69 Å². The van der Waals surface area contributed by atoms with Crippen molar-refractivity contribution < 1.29 is 4.79 Å². The van der Waals surface area contributed by atoms with Gasteiger partial charge in [-0.05, 0) is 31.4 Å². The standard InChI is InChI=1S/C25H34N6O/c1-5-6-12-21-26-24(30-15-13-29(14-16-30)22(32)17-18(2)3)23-19(4)28-31(25(23)27-21)20-10-8-7-9-11-20/h7-11,18H,5-6,12-17H2,1-4H3. The Hall–Kier alpha value is -2.96. The lowest BCUT2D eigenvalue weighted by atomic mass is 10.1. The molecule has 0 spiro atoms. The number of unbranched alkanes of at least 4 members (excludes halogenated alkanes) is 1. The minimum Gasteiger partial charge on any atom is -0.352 e. The normalized spacial score (nSPS) is 14.5. The van der Waals surface area contributed by atoms with Crippen molar-refractivity contribution in [3.05, 3.63) is 41.9 Å². The van der Waals surface area contributed by atoms with Gasteiger partial charge >= 0.3 is 0 Å². The van der Waals surface area contributed by atoms with Crippen molar-refractivity contribution in [1.29, 1.82) is 0 Å². The predicted molar refractivity (Wildman–Crippen MR) is 128 cm³/mol. The van der Waals surface area contributed by atoms with Gasteiger partial charge in [0, 0.05) is 39.0 Å². The van der Waals surface area contributed by atoms with E-state index in [2.05, 4.69) is 37.8 Å². The molecule has 7 nitrogen and oxygen atoms in total. The lowest BCUT2D eigenvalue weighted by Crippen LogP contribution is -2.49. The maximum absolute atomic E-state index is 12.5. The van der Waals surface area contributed by atoms with Crippen LogP contribution in [0.25, 0.3) is 16.7 Å². The fourth-order valence-electron chi connectivity index (χ4n) is 4.28. The molecule has 0 aliphatic carbocycles. The van der Waals surface area contributed by atoms with Gasteiger partial charge in [-0.25, -0.2) is 14.6 Å². The zero-order valence-electron chi connectivity index (χ0n) is 19.7. The molecule has 0 N–H and O–H groups in total. The third-order valence-electron chi connectivity index (χ3n) is 6.00. The first-order valence-corrected chi connectivity index (χ1v) is 11.8. The summed E-state index contributed by atoms with van der Waals surface area (Å²) in [6.45, 7) is 11.4. The number of carbonyl (C=O) groups excluding carboxylic acids is 1. The fraction of sp³-hybridized carbons (Fsp3) is 0.520. The van der Waals surface area contributed by atoms with E-state index in [0.717, 1.165) is 79.5 Å². The fourth-order valence-corrected chi connectivity index (χ4v) is 4.28. The van der Waals surface area contributed by atoms with E-state index < -0.39 is 0 Å². The summed E-state index contributed by atoms with van der Waals surface area (Å²) in [5.74, 6) is 2.46. The number of hydrogen-bond acceptors (Lipinski definition) is 5. The summed E-state index contributed by atoms with van der Waals surface area (Å²) in [5, 5.41) is 5.85. The Kier molecular flexibility index (Phi) is 6.72. The molecule has 0 unspecified atom stereocenters. The molecule has 1 aliphatic rings. The minimum absolute atomic E-state index is 0.254. The quantitative estimate of drug-likeness (QED) is 0.559. The molecule has 7 heteroatoms. The molecule has 1 saturated heterocycles. The molecule has 1 fully saturated rings. The SMILES string of the molecule is CCCCc1nc(N2CCN(C(=O)CC(C)C)CC2)c2c(C)nn(-c3ccccc3)c2n1.